The second kappa shape index (κ2) is 8.36. The summed E-state index contributed by atoms with van der Waals surface area (Å²) >= 11 is 1.49. The SMILES string of the molecule is CC(C)CCNC(=O)CCN1C(=O)c2ccccc2Sc2ncccc21. The lowest BCUT2D eigenvalue weighted by atomic mass is 10.1. The van der Waals surface area contributed by atoms with Crippen molar-refractivity contribution >= 4 is 29.3 Å². The molecule has 1 aliphatic rings. The van der Waals surface area contributed by atoms with Crippen molar-refractivity contribution in [1.29, 1.82) is 0 Å². The minimum Gasteiger partial charge on any atom is -0.356 e. The van der Waals surface area contributed by atoms with E-state index in [0.717, 1.165) is 22.0 Å². The van der Waals surface area contributed by atoms with Crippen LogP contribution < -0.4 is 10.2 Å². The van der Waals surface area contributed by atoms with Crippen LogP contribution in [0.4, 0.5) is 5.69 Å². The van der Waals surface area contributed by atoms with Crippen molar-refractivity contribution in [2.24, 2.45) is 5.92 Å². The largest absolute Gasteiger partial charge is 0.356 e. The number of carbonyl (C=O) groups is 2. The fourth-order valence-corrected chi connectivity index (χ4v) is 3.80. The number of hydrogen-bond donors (Lipinski definition) is 1. The molecular formula is C20H23N3O2S. The van der Waals surface area contributed by atoms with Crippen LogP contribution in [0.2, 0.25) is 0 Å². The van der Waals surface area contributed by atoms with Gasteiger partial charge in [0.15, 0.2) is 0 Å². The Morgan fingerprint density at radius 2 is 2.04 bits per heavy atom. The highest BCUT2D eigenvalue weighted by atomic mass is 32.2. The first-order valence-corrected chi connectivity index (χ1v) is 9.68. The van der Waals surface area contributed by atoms with E-state index in [1.54, 1.807) is 11.1 Å². The van der Waals surface area contributed by atoms with Crippen molar-refractivity contribution in [2.75, 3.05) is 18.0 Å². The molecule has 0 radical (unpaired) electrons. The molecule has 2 amide bonds. The molecule has 0 atom stereocenters. The Labute approximate surface area is 158 Å². The summed E-state index contributed by atoms with van der Waals surface area (Å²) in [5, 5.41) is 3.71. The van der Waals surface area contributed by atoms with Gasteiger partial charge < -0.3 is 10.2 Å². The number of anilines is 1. The molecule has 136 valence electrons. The summed E-state index contributed by atoms with van der Waals surface area (Å²) in [7, 11) is 0. The van der Waals surface area contributed by atoms with E-state index >= 15 is 0 Å². The smallest absolute Gasteiger partial charge is 0.259 e. The standard InChI is InChI=1S/C20H23N3O2S/c1-14(2)9-12-21-18(24)10-13-23-16-7-5-11-22-19(16)26-17-8-4-3-6-15(17)20(23)25/h3-8,11,14H,9-10,12-13H2,1-2H3,(H,21,24). The lowest BCUT2D eigenvalue weighted by Gasteiger charge is -2.22. The third-order valence-electron chi connectivity index (χ3n) is 4.22. The minimum atomic E-state index is -0.0881. The molecule has 1 N–H and O–H groups in total. The van der Waals surface area contributed by atoms with E-state index in [4.69, 9.17) is 0 Å². The molecule has 3 rings (SSSR count). The number of nitrogens with zero attached hydrogens (tertiary/aromatic N) is 2. The Kier molecular flexibility index (Phi) is 5.93. The Bertz CT molecular complexity index is 807. The summed E-state index contributed by atoms with van der Waals surface area (Å²) in [6, 6.07) is 11.2. The number of amides is 2. The number of rotatable bonds is 6. The van der Waals surface area contributed by atoms with Crippen molar-refractivity contribution in [2.45, 2.75) is 36.6 Å². The average Bonchev–Trinajstić information content (AvgIpc) is 2.74. The summed E-state index contributed by atoms with van der Waals surface area (Å²) in [5.41, 5.74) is 1.41. The Morgan fingerprint density at radius 3 is 2.85 bits per heavy atom. The highest BCUT2D eigenvalue weighted by molar-refractivity contribution is 7.99. The third-order valence-corrected chi connectivity index (χ3v) is 5.30. The van der Waals surface area contributed by atoms with Crippen LogP contribution in [-0.2, 0) is 4.79 Å². The molecule has 1 aromatic heterocycles. The fourth-order valence-electron chi connectivity index (χ4n) is 2.78. The summed E-state index contributed by atoms with van der Waals surface area (Å²) < 4.78 is 0. The number of benzene rings is 1. The number of pyridine rings is 1. The second-order valence-electron chi connectivity index (χ2n) is 6.67. The van der Waals surface area contributed by atoms with Gasteiger partial charge in [-0.3, -0.25) is 9.59 Å². The molecule has 1 aromatic carbocycles. The maximum Gasteiger partial charge on any atom is 0.259 e. The quantitative estimate of drug-likeness (QED) is 0.842. The summed E-state index contributed by atoms with van der Waals surface area (Å²) in [5.74, 6) is 0.429. The van der Waals surface area contributed by atoms with Crippen molar-refractivity contribution in [3.63, 3.8) is 0 Å². The first-order chi connectivity index (χ1) is 12.6. The van der Waals surface area contributed by atoms with Crippen molar-refractivity contribution in [1.82, 2.24) is 10.3 Å². The number of hydrogen-bond acceptors (Lipinski definition) is 4. The first kappa shape index (κ1) is 18.5. The Hall–Kier alpha value is -2.34. The lowest BCUT2D eigenvalue weighted by molar-refractivity contribution is -0.120. The van der Waals surface area contributed by atoms with Crippen LogP contribution in [0.15, 0.2) is 52.5 Å². The monoisotopic (exact) mass is 369 g/mol. The van der Waals surface area contributed by atoms with Crippen molar-refractivity contribution < 1.29 is 9.59 Å². The average molecular weight is 369 g/mol. The molecule has 2 heterocycles. The molecular weight excluding hydrogens is 346 g/mol. The molecule has 0 spiro atoms. The van der Waals surface area contributed by atoms with Crippen LogP contribution in [0.25, 0.3) is 0 Å². The van der Waals surface area contributed by atoms with Crippen molar-refractivity contribution in [3.8, 4) is 0 Å². The van der Waals surface area contributed by atoms with Gasteiger partial charge in [-0.1, -0.05) is 37.7 Å². The minimum absolute atomic E-state index is 0.0333. The fraction of sp³-hybridized carbons (Fsp3) is 0.350. The van der Waals surface area contributed by atoms with Crippen LogP contribution in [0.3, 0.4) is 0 Å². The molecule has 0 fully saturated rings. The van der Waals surface area contributed by atoms with E-state index in [1.807, 2.05) is 36.4 Å². The molecule has 6 heteroatoms. The molecule has 0 aliphatic carbocycles. The number of fused-ring (bicyclic) bond motifs is 2. The van der Waals surface area contributed by atoms with Crippen LogP contribution in [0.1, 0.15) is 37.0 Å². The van der Waals surface area contributed by atoms with Gasteiger partial charge in [0.2, 0.25) is 5.91 Å². The molecule has 0 saturated carbocycles. The van der Waals surface area contributed by atoms with Crippen LogP contribution in [0.5, 0.6) is 0 Å². The van der Waals surface area contributed by atoms with Gasteiger partial charge >= 0.3 is 0 Å². The van der Waals surface area contributed by atoms with E-state index in [-0.39, 0.29) is 18.2 Å². The van der Waals surface area contributed by atoms with Crippen LogP contribution >= 0.6 is 11.8 Å². The van der Waals surface area contributed by atoms with E-state index in [2.05, 4.69) is 24.1 Å². The van der Waals surface area contributed by atoms with Gasteiger partial charge in [0.1, 0.15) is 5.03 Å². The number of carbonyl (C=O) groups excluding carboxylic acids is 2. The lowest BCUT2D eigenvalue weighted by Crippen LogP contribution is -2.35. The van der Waals surface area contributed by atoms with E-state index in [1.165, 1.54) is 11.8 Å². The first-order valence-electron chi connectivity index (χ1n) is 8.86. The maximum atomic E-state index is 13.1. The van der Waals surface area contributed by atoms with Gasteiger partial charge in [-0.05, 0) is 36.6 Å². The van der Waals surface area contributed by atoms with E-state index < -0.39 is 0 Å². The molecule has 0 unspecified atom stereocenters. The highest BCUT2D eigenvalue weighted by Gasteiger charge is 2.27. The maximum absolute atomic E-state index is 13.1. The zero-order valence-electron chi connectivity index (χ0n) is 15.1. The normalized spacial score (nSPS) is 13.2. The summed E-state index contributed by atoms with van der Waals surface area (Å²) in [4.78, 5) is 32.2. The molecule has 26 heavy (non-hydrogen) atoms. The van der Waals surface area contributed by atoms with E-state index in [0.29, 0.717) is 24.6 Å². The van der Waals surface area contributed by atoms with Gasteiger partial charge in [-0.2, -0.15) is 0 Å². The second-order valence-corrected chi connectivity index (χ2v) is 7.70. The number of aromatic nitrogens is 1. The summed E-state index contributed by atoms with van der Waals surface area (Å²) in [6.45, 7) is 5.25. The predicted molar refractivity (Wildman–Crippen MR) is 104 cm³/mol. The zero-order chi connectivity index (χ0) is 18.5. The summed E-state index contributed by atoms with van der Waals surface area (Å²) in [6.07, 6.45) is 2.94. The van der Waals surface area contributed by atoms with Crippen LogP contribution in [0, 0.1) is 5.92 Å². The van der Waals surface area contributed by atoms with Gasteiger partial charge in [-0.15, -0.1) is 0 Å². The topological polar surface area (TPSA) is 62.3 Å². The third kappa shape index (κ3) is 4.25. The van der Waals surface area contributed by atoms with Gasteiger partial charge in [-0.25, -0.2) is 4.98 Å². The van der Waals surface area contributed by atoms with Gasteiger partial charge in [0.25, 0.3) is 5.91 Å². The number of nitrogens with one attached hydrogen (secondary N) is 1. The Balaban J connectivity index is 1.77. The van der Waals surface area contributed by atoms with E-state index in [9.17, 15) is 9.59 Å². The Morgan fingerprint density at radius 1 is 1.23 bits per heavy atom. The van der Waals surface area contributed by atoms with Crippen LogP contribution in [-0.4, -0.2) is 29.9 Å². The molecule has 5 nitrogen and oxygen atoms in total. The van der Waals surface area contributed by atoms with Crippen molar-refractivity contribution in [3.05, 3.63) is 48.2 Å². The molecule has 2 aromatic rings. The molecule has 0 saturated heterocycles. The molecule has 1 aliphatic heterocycles. The highest BCUT2D eigenvalue weighted by Crippen LogP contribution is 2.39. The van der Waals surface area contributed by atoms with Gasteiger partial charge in [0, 0.05) is 30.6 Å². The predicted octanol–water partition coefficient (Wildman–Crippen LogP) is 3.75. The van der Waals surface area contributed by atoms with Gasteiger partial charge in [0.05, 0.1) is 11.3 Å². The zero-order valence-corrected chi connectivity index (χ0v) is 15.9. The molecule has 0 bridgehead atoms.